The van der Waals surface area contributed by atoms with E-state index in [0.717, 1.165) is 5.56 Å². The van der Waals surface area contributed by atoms with Crippen LogP contribution in [0.25, 0.3) is 11.4 Å². The number of rotatable bonds is 10. The van der Waals surface area contributed by atoms with Crippen LogP contribution in [0.1, 0.15) is 56.9 Å². The third-order valence-corrected chi connectivity index (χ3v) is 4.01. The fraction of sp³-hybridized carbons (Fsp3) is 0.474. The minimum Gasteiger partial charge on any atom is -0.481 e. The second kappa shape index (κ2) is 9.70. The Kier molecular flexibility index (Phi) is 7.32. The van der Waals surface area contributed by atoms with Crippen LogP contribution in [0, 0.1) is 0 Å². The summed E-state index contributed by atoms with van der Waals surface area (Å²) in [4.78, 5) is 26.5. The number of amides is 1. The molecule has 0 saturated carbocycles. The summed E-state index contributed by atoms with van der Waals surface area (Å²) in [7, 11) is 0. The van der Waals surface area contributed by atoms with E-state index in [1.54, 1.807) is 0 Å². The Bertz CT molecular complexity index is 723. The van der Waals surface area contributed by atoms with Gasteiger partial charge in [0.25, 0.3) is 0 Å². The van der Waals surface area contributed by atoms with Gasteiger partial charge in [0.05, 0.1) is 0 Å². The third-order valence-electron chi connectivity index (χ3n) is 4.01. The monoisotopic (exact) mass is 359 g/mol. The van der Waals surface area contributed by atoms with Crippen molar-refractivity contribution in [2.45, 2.75) is 51.9 Å². The van der Waals surface area contributed by atoms with Gasteiger partial charge in [-0.25, -0.2) is 0 Å². The highest BCUT2D eigenvalue weighted by molar-refractivity contribution is 5.76. The molecular formula is C19H25N3O4. The van der Waals surface area contributed by atoms with Crippen molar-refractivity contribution in [2.24, 2.45) is 0 Å². The summed E-state index contributed by atoms with van der Waals surface area (Å²) in [6.45, 7) is 4.75. The molecule has 1 amide bonds. The number of aliphatic carboxylic acids is 1. The molecular weight excluding hydrogens is 334 g/mol. The number of benzene rings is 1. The molecule has 0 fully saturated rings. The minimum absolute atomic E-state index is 0.110. The van der Waals surface area contributed by atoms with Gasteiger partial charge in [0.2, 0.25) is 17.6 Å². The highest BCUT2D eigenvalue weighted by atomic mass is 16.5. The second-order valence-electron chi connectivity index (χ2n) is 6.49. The lowest BCUT2D eigenvalue weighted by molar-refractivity contribution is -0.137. The first-order valence-electron chi connectivity index (χ1n) is 8.87. The first-order valence-corrected chi connectivity index (χ1v) is 8.87. The lowest BCUT2D eigenvalue weighted by Crippen LogP contribution is -2.24. The number of carboxylic acid groups (broad SMARTS) is 1. The lowest BCUT2D eigenvalue weighted by Gasteiger charge is -2.04. The summed E-state index contributed by atoms with van der Waals surface area (Å²) in [5.74, 6) is 0.481. The second-order valence-corrected chi connectivity index (χ2v) is 6.49. The number of nitrogens with zero attached hydrogens (tertiary/aromatic N) is 2. The smallest absolute Gasteiger partial charge is 0.303 e. The largest absolute Gasteiger partial charge is 0.481 e. The molecule has 1 aromatic carbocycles. The third kappa shape index (κ3) is 6.31. The summed E-state index contributed by atoms with van der Waals surface area (Å²) >= 11 is 0. The lowest BCUT2D eigenvalue weighted by atomic mass is 10.0. The molecule has 0 atom stereocenters. The van der Waals surface area contributed by atoms with Crippen molar-refractivity contribution in [1.82, 2.24) is 15.5 Å². The van der Waals surface area contributed by atoms with E-state index >= 15 is 0 Å². The predicted octanol–water partition coefficient (Wildman–Crippen LogP) is 3.16. The van der Waals surface area contributed by atoms with Crippen molar-refractivity contribution in [3.05, 3.63) is 35.7 Å². The zero-order valence-electron chi connectivity index (χ0n) is 15.2. The van der Waals surface area contributed by atoms with Crippen LogP contribution >= 0.6 is 0 Å². The van der Waals surface area contributed by atoms with Crippen molar-refractivity contribution in [3.63, 3.8) is 0 Å². The summed E-state index contributed by atoms with van der Waals surface area (Å²) in [6.07, 6.45) is 1.96. The summed E-state index contributed by atoms with van der Waals surface area (Å²) in [5.41, 5.74) is 2.13. The van der Waals surface area contributed by atoms with Gasteiger partial charge >= 0.3 is 5.97 Å². The Morgan fingerprint density at radius 1 is 1.15 bits per heavy atom. The first-order chi connectivity index (χ1) is 12.5. The maximum Gasteiger partial charge on any atom is 0.303 e. The van der Waals surface area contributed by atoms with Gasteiger partial charge in [0.1, 0.15) is 0 Å². The van der Waals surface area contributed by atoms with Crippen molar-refractivity contribution in [1.29, 1.82) is 0 Å². The standard InChI is InChI=1S/C19H25N3O4/c1-13(2)14-6-8-15(9-7-14)19-21-17(26-22-19)11-10-16(23)20-12-4-3-5-18(24)25/h6-9,13H,3-5,10-12H2,1-2H3,(H,20,23)(H,24,25). The highest BCUT2D eigenvalue weighted by Crippen LogP contribution is 2.20. The van der Waals surface area contributed by atoms with Crippen LogP contribution in [0.5, 0.6) is 0 Å². The molecule has 7 nitrogen and oxygen atoms in total. The normalized spacial score (nSPS) is 10.9. The molecule has 0 aliphatic heterocycles. The Balaban J connectivity index is 1.75. The zero-order valence-corrected chi connectivity index (χ0v) is 15.2. The molecule has 0 spiro atoms. The Morgan fingerprint density at radius 3 is 2.54 bits per heavy atom. The fourth-order valence-corrected chi connectivity index (χ4v) is 2.43. The van der Waals surface area contributed by atoms with Crippen LogP contribution in [-0.4, -0.2) is 33.7 Å². The summed E-state index contributed by atoms with van der Waals surface area (Å²) < 4.78 is 5.21. The Morgan fingerprint density at radius 2 is 1.88 bits per heavy atom. The SMILES string of the molecule is CC(C)c1ccc(-c2noc(CCC(=O)NCCCCC(=O)O)n2)cc1. The van der Waals surface area contributed by atoms with Crippen molar-refractivity contribution in [3.8, 4) is 11.4 Å². The number of carboxylic acids is 1. The molecule has 0 bridgehead atoms. The number of carbonyl (C=O) groups excluding carboxylic acids is 1. The molecule has 0 unspecified atom stereocenters. The molecule has 26 heavy (non-hydrogen) atoms. The number of hydrogen-bond donors (Lipinski definition) is 2. The van der Waals surface area contributed by atoms with Crippen molar-refractivity contribution >= 4 is 11.9 Å². The average Bonchev–Trinajstić information content (AvgIpc) is 3.08. The molecule has 0 aliphatic carbocycles. The number of aromatic nitrogens is 2. The van der Waals surface area contributed by atoms with Gasteiger partial charge in [0.15, 0.2) is 0 Å². The quantitative estimate of drug-likeness (QED) is 0.631. The summed E-state index contributed by atoms with van der Waals surface area (Å²) in [5, 5.41) is 15.3. The van der Waals surface area contributed by atoms with Crippen LogP contribution in [0.2, 0.25) is 0 Å². The molecule has 2 N–H and O–H groups in total. The van der Waals surface area contributed by atoms with E-state index in [0.29, 0.717) is 43.4 Å². The highest BCUT2D eigenvalue weighted by Gasteiger charge is 2.11. The van der Waals surface area contributed by atoms with Crippen LogP contribution in [0.15, 0.2) is 28.8 Å². The molecule has 0 radical (unpaired) electrons. The van der Waals surface area contributed by atoms with Gasteiger partial charge in [-0.05, 0) is 24.3 Å². The number of nitrogens with one attached hydrogen (secondary N) is 1. The fourth-order valence-electron chi connectivity index (χ4n) is 2.43. The number of hydrogen-bond acceptors (Lipinski definition) is 5. The molecule has 7 heteroatoms. The van der Waals surface area contributed by atoms with Crippen LogP contribution in [0.4, 0.5) is 0 Å². The molecule has 2 rings (SSSR count). The van der Waals surface area contributed by atoms with E-state index in [-0.39, 0.29) is 18.7 Å². The summed E-state index contributed by atoms with van der Waals surface area (Å²) in [6, 6.07) is 8.03. The maximum absolute atomic E-state index is 11.8. The van der Waals surface area contributed by atoms with Crippen molar-refractivity contribution in [2.75, 3.05) is 6.54 Å². The Labute approximate surface area is 152 Å². The van der Waals surface area contributed by atoms with E-state index in [2.05, 4.69) is 29.3 Å². The molecule has 0 aliphatic rings. The van der Waals surface area contributed by atoms with Crippen LogP contribution in [0.3, 0.4) is 0 Å². The van der Waals surface area contributed by atoms with Gasteiger partial charge in [-0.1, -0.05) is 43.3 Å². The van der Waals surface area contributed by atoms with Crippen molar-refractivity contribution < 1.29 is 19.2 Å². The maximum atomic E-state index is 11.8. The molecule has 0 saturated heterocycles. The average molecular weight is 359 g/mol. The van der Waals surface area contributed by atoms with E-state index in [1.165, 1.54) is 5.56 Å². The minimum atomic E-state index is -0.817. The zero-order chi connectivity index (χ0) is 18.9. The topological polar surface area (TPSA) is 105 Å². The van der Waals surface area contributed by atoms with E-state index in [4.69, 9.17) is 9.63 Å². The first kappa shape index (κ1) is 19.6. The number of carbonyl (C=O) groups is 2. The molecule has 1 aromatic heterocycles. The Hall–Kier alpha value is -2.70. The number of unbranched alkanes of at least 4 members (excludes halogenated alkanes) is 1. The van der Waals surface area contributed by atoms with E-state index in [9.17, 15) is 9.59 Å². The molecule has 140 valence electrons. The van der Waals surface area contributed by atoms with Gasteiger partial charge in [-0.15, -0.1) is 0 Å². The van der Waals surface area contributed by atoms with Gasteiger partial charge < -0.3 is 14.9 Å². The molecule has 2 aromatic rings. The van der Waals surface area contributed by atoms with E-state index < -0.39 is 5.97 Å². The van der Waals surface area contributed by atoms with Crippen LogP contribution < -0.4 is 5.32 Å². The molecule has 1 heterocycles. The van der Waals surface area contributed by atoms with Gasteiger partial charge in [-0.2, -0.15) is 4.98 Å². The van der Waals surface area contributed by atoms with Gasteiger partial charge in [0, 0.05) is 31.4 Å². The number of aryl methyl sites for hydroxylation is 1. The van der Waals surface area contributed by atoms with Gasteiger partial charge in [-0.3, -0.25) is 9.59 Å². The predicted molar refractivity (Wildman–Crippen MR) is 96.6 cm³/mol. The van der Waals surface area contributed by atoms with Crippen LogP contribution in [-0.2, 0) is 16.0 Å². The van der Waals surface area contributed by atoms with E-state index in [1.807, 2.05) is 24.3 Å².